The van der Waals surface area contributed by atoms with E-state index in [1.165, 1.54) is 36.4 Å². The van der Waals surface area contributed by atoms with E-state index in [1.807, 2.05) is 6.07 Å². The maximum atomic E-state index is 13.9. The first kappa shape index (κ1) is 17.5. The molecule has 2 aromatic rings. The lowest BCUT2D eigenvalue weighted by Crippen LogP contribution is -2.39. The predicted octanol–water partition coefficient (Wildman–Crippen LogP) is 2.87. The lowest BCUT2D eigenvalue weighted by Gasteiger charge is -2.15. The number of anilines is 1. The second-order valence-corrected chi connectivity index (χ2v) is 6.14. The Morgan fingerprint density at radius 2 is 1.77 bits per heavy atom. The fraction of sp³-hybridized carbons (Fsp3) is 0.211. The summed E-state index contributed by atoms with van der Waals surface area (Å²) in [7, 11) is 0. The van der Waals surface area contributed by atoms with Crippen LogP contribution in [0.25, 0.3) is 0 Å². The maximum absolute atomic E-state index is 13.9. The van der Waals surface area contributed by atoms with Crippen molar-refractivity contribution in [2.24, 2.45) is 5.41 Å². The minimum absolute atomic E-state index is 0.0814. The summed E-state index contributed by atoms with van der Waals surface area (Å²) in [4.78, 5) is 24.8. The molecule has 2 aromatic carbocycles. The topological polar surface area (TPSA) is 82.0 Å². The van der Waals surface area contributed by atoms with Crippen molar-refractivity contribution in [3.05, 3.63) is 65.2 Å². The molecule has 0 saturated heterocycles. The van der Waals surface area contributed by atoms with E-state index in [-0.39, 0.29) is 17.7 Å². The molecule has 0 unspecified atom stereocenters. The summed E-state index contributed by atoms with van der Waals surface area (Å²) in [6.07, 6.45) is 0.781. The summed E-state index contributed by atoms with van der Waals surface area (Å²) < 4.78 is 26.8. The Balaban J connectivity index is 1.63. The van der Waals surface area contributed by atoms with E-state index < -0.39 is 28.9 Å². The molecule has 1 fully saturated rings. The van der Waals surface area contributed by atoms with Crippen LogP contribution in [0.3, 0.4) is 0 Å². The van der Waals surface area contributed by atoms with Crippen LogP contribution < -0.4 is 10.6 Å². The van der Waals surface area contributed by atoms with Gasteiger partial charge in [0.25, 0.3) is 0 Å². The molecule has 0 spiro atoms. The number of hydrogen-bond acceptors (Lipinski definition) is 3. The number of carbonyl (C=O) groups is 2. The van der Waals surface area contributed by atoms with Gasteiger partial charge in [0.1, 0.15) is 17.0 Å². The van der Waals surface area contributed by atoms with Crippen molar-refractivity contribution in [3.63, 3.8) is 0 Å². The van der Waals surface area contributed by atoms with Crippen molar-refractivity contribution >= 4 is 17.5 Å². The van der Waals surface area contributed by atoms with Gasteiger partial charge in [0.15, 0.2) is 0 Å². The van der Waals surface area contributed by atoms with E-state index >= 15 is 0 Å². The van der Waals surface area contributed by atoms with Gasteiger partial charge in [0.05, 0.1) is 11.6 Å². The van der Waals surface area contributed by atoms with Gasteiger partial charge >= 0.3 is 0 Å². The van der Waals surface area contributed by atoms with Gasteiger partial charge in [-0.25, -0.2) is 8.78 Å². The first-order chi connectivity index (χ1) is 12.4. The van der Waals surface area contributed by atoms with E-state index in [2.05, 4.69) is 10.6 Å². The third kappa shape index (κ3) is 3.54. The van der Waals surface area contributed by atoms with Crippen LogP contribution in [-0.4, -0.2) is 11.8 Å². The molecular weight excluding hydrogens is 340 g/mol. The number of nitrogens with one attached hydrogen (secondary N) is 2. The zero-order valence-corrected chi connectivity index (χ0v) is 13.7. The Labute approximate surface area is 148 Å². The number of amides is 2. The van der Waals surface area contributed by atoms with Crippen LogP contribution in [0.5, 0.6) is 0 Å². The fourth-order valence-corrected chi connectivity index (χ4v) is 2.57. The van der Waals surface area contributed by atoms with Crippen molar-refractivity contribution < 1.29 is 18.4 Å². The van der Waals surface area contributed by atoms with Crippen LogP contribution in [0.4, 0.5) is 14.5 Å². The molecule has 3 rings (SSSR count). The molecule has 7 heteroatoms. The zero-order chi connectivity index (χ0) is 18.7. The van der Waals surface area contributed by atoms with Crippen molar-refractivity contribution in [2.75, 3.05) is 5.32 Å². The molecule has 132 valence electrons. The molecule has 0 heterocycles. The number of halogens is 2. The molecular formula is C19H15F2N3O2. The van der Waals surface area contributed by atoms with Gasteiger partial charge in [-0.05, 0) is 49.2 Å². The largest absolute Gasteiger partial charge is 0.351 e. The molecule has 0 radical (unpaired) electrons. The van der Waals surface area contributed by atoms with Crippen molar-refractivity contribution in [1.29, 1.82) is 5.26 Å². The van der Waals surface area contributed by atoms with Gasteiger partial charge in [0.2, 0.25) is 11.8 Å². The lowest BCUT2D eigenvalue weighted by atomic mass is 10.0. The number of nitrogens with zero attached hydrogens (tertiary/aromatic N) is 1. The quantitative estimate of drug-likeness (QED) is 0.809. The Kier molecular flexibility index (Phi) is 4.67. The predicted molar refractivity (Wildman–Crippen MR) is 89.7 cm³/mol. The molecule has 0 aliphatic heterocycles. The first-order valence-electron chi connectivity index (χ1n) is 7.98. The second-order valence-electron chi connectivity index (χ2n) is 6.14. The number of rotatable bonds is 5. The van der Waals surface area contributed by atoms with Crippen LogP contribution in [0.2, 0.25) is 0 Å². The van der Waals surface area contributed by atoms with E-state index in [9.17, 15) is 18.4 Å². The van der Waals surface area contributed by atoms with Gasteiger partial charge in [-0.1, -0.05) is 6.07 Å². The van der Waals surface area contributed by atoms with Crippen LogP contribution in [0.15, 0.2) is 42.5 Å². The monoisotopic (exact) mass is 355 g/mol. The number of benzene rings is 2. The molecule has 0 atom stereocenters. The molecule has 0 bridgehead atoms. The highest BCUT2D eigenvalue weighted by molar-refractivity contribution is 6.13. The first-order valence-corrected chi connectivity index (χ1v) is 7.98. The van der Waals surface area contributed by atoms with Crippen molar-refractivity contribution in [1.82, 2.24) is 5.32 Å². The Morgan fingerprint density at radius 1 is 1.08 bits per heavy atom. The maximum Gasteiger partial charge on any atom is 0.240 e. The summed E-state index contributed by atoms with van der Waals surface area (Å²) in [5.41, 5.74) is -0.368. The highest BCUT2D eigenvalue weighted by atomic mass is 19.1. The van der Waals surface area contributed by atoms with Gasteiger partial charge < -0.3 is 10.6 Å². The van der Waals surface area contributed by atoms with E-state index in [0.717, 1.165) is 6.07 Å². The second kappa shape index (κ2) is 6.92. The third-order valence-corrected chi connectivity index (χ3v) is 4.34. The molecule has 2 N–H and O–H groups in total. The van der Waals surface area contributed by atoms with Crippen LogP contribution >= 0.6 is 0 Å². The van der Waals surface area contributed by atoms with Crippen molar-refractivity contribution in [2.45, 2.75) is 19.4 Å². The lowest BCUT2D eigenvalue weighted by molar-refractivity contribution is -0.134. The average molecular weight is 355 g/mol. The SMILES string of the molecule is N#Cc1ccc(CNC(=O)C2(C(=O)Nc3ccc(F)cc3)CC2)c(F)c1. The minimum atomic E-state index is -1.18. The third-order valence-electron chi connectivity index (χ3n) is 4.34. The minimum Gasteiger partial charge on any atom is -0.351 e. The van der Waals surface area contributed by atoms with E-state index in [4.69, 9.17) is 5.26 Å². The Bertz CT molecular complexity index is 900. The van der Waals surface area contributed by atoms with E-state index in [1.54, 1.807) is 0 Å². The van der Waals surface area contributed by atoms with Gasteiger partial charge in [-0.15, -0.1) is 0 Å². The number of hydrogen-bond donors (Lipinski definition) is 2. The number of carbonyl (C=O) groups excluding carboxylic acids is 2. The standard InChI is InChI=1S/C19H15F2N3O2/c20-14-3-5-15(6-4-14)24-18(26)19(7-8-19)17(25)23-11-13-2-1-12(10-22)9-16(13)21/h1-6,9H,7-8,11H2,(H,23,25)(H,24,26). The van der Waals surface area contributed by atoms with Crippen LogP contribution in [-0.2, 0) is 16.1 Å². The Morgan fingerprint density at radius 3 is 2.35 bits per heavy atom. The normalized spacial score (nSPS) is 14.2. The Hall–Kier alpha value is -3.27. The molecule has 0 aromatic heterocycles. The summed E-state index contributed by atoms with van der Waals surface area (Å²) in [5, 5.41) is 13.9. The smallest absolute Gasteiger partial charge is 0.240 e. The molecule has 1 aliphatic rings. The van der Waals surface area contributed by atoms with Crippen molar-refractivity contribution in [3.8, 4) is 6.07 Å². The van der Waals surface area contributed by atoms with Gasteiger partial charge in [-0.2, -0.15) is 5.26 Å². The average Bonchev–Trinajstić information content (AvgIpc) is 3.44. The highest BCUT2D eigenvalue weighted by Crippen LogP contribution is 2.46. The van der Waals surface area contributed by atoms with E-state index in [0.29, 0.717) is 18.5 Å². The van der Waals surface area contributed by atoms with Crippen LogP contribution in [0.1, 0.15) is 24.0 Å². The summed E-state index contributed by atoms with van der Waals surface area (Å²) in [6, 6.07) is 11.0. The van der Waals surface area contributed by atoms with Crippen LogP contribution in [0, 0.1) is 28.4 Å². The fourth-order valence-electron chi connectivity index (χ4n) is 2.57. The molecule has 1 saturated carbocycles. The molecule has 26 heavy (non-hydrogen) atoms. The molecule has 1 aliphatic carbocycles. The molecule has 2 amide bonds. The van der Waals surface area contributed by atoms with Gasteiger partial charge in [0, 0.05) is 17.8 Å². The molecule has 5 nitrogen and oxygen atoms in total. The highest BCUT2D eigenvalue weighted by Gasteiger charge is 2.56. The summed E-state index contributed by atoms with van der Waals surface area (Å²) >= 11 is 0. The summed E-state index contributed by atoms with van der Waals surface area (Å²) in [6.45, 7) is -0.0814. The number of nitriles is 1. The zero-order valence-electron chi connectivity index (χ0n) is 13.7. The van der Waals surface area contributed by atoms with Gasteiger partial charge in [-0.3, -0.25) is 9.59 Å². The summed E-state index contributed by atoms with van der Waals surface area (Å²) in [5.74, 6) is -1.97.